The summed E-state index contributed by atoms with van der Waals surface area (Å²) in [5.74, 6) is 0. The molecule has 0 aliphatic rings. The minimum absolute atomic E-state index is 0.766. The third-order valence-corrected chi connectivity index (χ3v) is 6.35. The lowest BCUT2D eigenvalue weighted by molar-refractivity contribution is 1.29. The van der Waals surface area contributed by atoms with E-state index in [0.717, 1.165) is 33.7 Å². The molecule has 0 amide bonds. The fourth-order valence-corrected chi connectivity index (χ4v) is 4.63. The van der Waals surface area contributed by atoms with Crippen LogP contribution in [-0.4, -0.2) is 7.85 Å². The summed E-state index contributed by atoms with van der Waals surface area (Å²) in [7, 11) is 5.98. The van der Waals surface area contributed by atoms with Gasteiger partial charge in [0.1, 0.15) is 7.85 Å². The molecule has 6 aromatic carbocycles. The number of nitrogens with zero attached hydrogens (tertiary/aromatic N) is 1. The lowest BCUT2D eigenvalue weighted by Gasteiger charge is -2.28. The third kappa shape index (κ3) is 3.74. The average Bonchev–Trinajstić information content (AvgIpc) is 2.89. The number of anilines is 3. The van der Waals surface area contributed by atoms with Gasteiger partial charge in [-0.3, -0.25) is 0 Å². The second-order valence-corrected chi connectivity index (χ2v) is 8.54. The molecule has 0 bridgehead atoms. The van der Waals surface area contributed by atoms with Crippen LogP contribution >= 0.6 is 0 Å². The highest BCUT2D eigenvalue weighted by molar-refractivity contribution is 6.32. The SMILES string of the molecule is [B]c1ccc(-c2ccccc2N(c2ccc3ccccc3c2)c2ccc3ccccc3c2)cc1. The van der Waals surface area contributed by atoms with Gasteiger partial charge in [-0.15, -0.1) is 0 Å². The molecule has 158 valence electrons. The van der Waals surface area contributed by atoms with Gasteiger partial charge in [-0.1, -0.05) is 109 Å². The second kappa shape index (κ2) is 8.57. The Bertz CT molecular complexity index is 1540. The summed E-state index contributed by atoms with van der Waals surface area (Å²) in [6.45, 7) is 0. The van der Waals surface area contributed by atoms with Gasteiger partial charge < -0.3 is 4.90 Å². The molecule has 6 aromatic rings. The van der Waals surface area contributed by atoms with Crippen molar-refractivity contribution in [3.63, 3.8) is 0 Å². The van der Waals surface area contributed by atoms with E-state index in [0.29, 0.717) is 0 Å². The molecule has 0 heterocycles. The number of benzene rings is 6. The van der Waals surface area contributed by atoms with Crippen molar-refractivity contribution in [3.8, 4) is 11.1 Å². The van der Waals surface area contributed by atoms with Crippen molar-refractivity contribution in [2.45, 2.75) is 0 Å². The summed E-state index contributed by atoms with van der Waals surface area (Å²) < 4.78 is 0. The van der Waals surface area contributed by atoms with Crippen LogP contribution in [0.5, 0.6) is 0 Å². The molecule has 0 spiro atoms. The molecular formula is C32H22BN. The minimum atomic E-state index is 0.766. The molecule has 1 nitrogen and oxygen atoms in total. The van der Waals surface area contributed by atoms with E-state index >= 15 is 0 Å². The Balaban J connectivity index is 1.60. The van der Waals surface area contributed by atoms with E-state index < -0.39 is 0 Å². The zero-order valence-corrected chi connectivity index (χ0v) is 18.7. The summed E-state index contributed by atoms with van der Waals surface area (Å²) in [5.41, 5.74) is 6.42. The van der Waals surface area contributed by atoms with Crippen molar-refractivity contribution < 1.29 is 0 Å². The quantitative estimate of drug-likeness (QED) is 0.256. The van der Waals surface area contributed by atoms with Gasteiger partial charge in [0.2, 0.25) is 0 Å². The van der Waals surface area contributed by atoms with E-state index in [4.69, 9.17) is 7.85 Å². The maximum absolute atomic E-state index is 5.98. The first-order valence-corrected chi connectivity index (χ1v) is 11.5. The summed E-state index contributed by atoms with van der Waals surface area (Å²) in [6.07, 6.45) is 0. The maximum Gasteiger partial charge on any atom is 0.113 e. The van der Waals surface area contributed by atoms with Crippen LogP contribution < -0.4 is 10.4 Å². The summed E-state index contributed by atoms with van der Waals surface area (Å²) in [5, 5.41) is 4.90. The van der Waals surface area contributed by atoms with Crippen LogP contribution in [0, 0.1) is 0 Å². The minimum Gasteiger partial charge on any atom is -0.310 e. The molecule has 0 unspecified atom stereocenters. The molecule has 6 rings (SSSR count). The zero-order chi connectivity index (χ0) is 22.9. The van der Waals surface area contributed by atoms with Gasteiger partial charge in [0.25, 0.3) is 0 Å². The molecule has 2 radical (unpaired) electrons. The predicted octanol–water partition coefficient (Wildman–Crippen LogP) is 7.92. The highest BCUT2D eigenvalue weighted by Crippen LogP contribution is 2.42. The van der Waals surface area contributed by atoms with Gasteiger partial charge in [-0.05, 0) is 57.4 Å². The Kier molecular flexibility index (Phi) is 5.12. The molecule has 0 aromatic heterocycles. The van der Waals surface area contributed by atoms with Crippen LogP contribution in [0.1, 0.15) is 0 Å². The molecule has 0 aliphatic heterocycles. The van der Waals surface area contributed by atoms with Gasteiger partial charge in [-0.25, -0.2) is 0 Å². The first-order chi connectivity index (χ1) is 16.8. The highest BCUT2D eigenvalue weighted by Gasteiger charge is 2.17. The molecule has 0 aliphatic carbocycles. The summed E-state index contributed by atoms with van der Waals surface area (Å²) in [6, 6.07) is 47.0. The molecule has 0 saturated heterocycles. The van der Waals surface area contributed by atoms with Crippen LogP contribution in [0.3, 0.4) is 0 Å². The Morgan fingerprint density at radius 3 is 1.53 bits per heavy atom. The Morgan fingerprint density at radius 1 is 0.441 bits per heavy atom. The van der Waals surface area contributed by atoms with E-state index in [1.165, 1.54) is 21.5 Å². The van der Waals surface area contributed by atoms with Crippen LogP contribution in [0.2, 0.25) is 0 Å². The highest BCUT2D eigenvalue weighted by atomic mass is 15.1. The van der Waals surface area contributed by atoms with Crippen LogP contribution in [-0.2, 0) is 0 Å². The lowest BCUT2D eigenvalue weighted by atomic mass is 9.93. The predicted molar refractivity (Wildman–Crippen MR) is 147 cm³/mol. The average molecular weight is 431 g/mol. The van der Waals surface area contributed by atoms with Crippen LogP contribution in [0.4, 0.5) is 17.1 Å². The van der Waals surface area contributed by atoms with Crippen molar-refractivity contribution >= 4 is 51.9 Å². The van der Waals surface area contributed by atoms with Crippen LogP contribution in [0.25, 0.3) is 32.7 Å². The monoisotopic (exact) mass is 431 g/mol. The molecule has 0 N–H and O–H groups in total. The lowest BCUT2D eigenvalue weighted by Crippen LogP contribution is -2.11. The molecule has 2 heteroatoms. The van der Waals surface area contributed by atoms with Crippen LogP contribution in [0.15, 0.2) is 133 Å². The van der Waals surface area contributed by atoms with Gasteiger partial charge in [0.15, 0.2) is 0 Å². The first kappa shape index (κ1) is 20.3. The Hall–Kier alpha value is -4.30. The molecule has 34 heavy (non-hydrogen) atoms. The normalized spacial score (nSPS) is 11.1. The van der Waals surface area contributed by atoms with Crippen molar-refractivity contribution in [2.75, 3.05) is 4.90 Å². The molecule has 0 saturated carbocycles. The van der Waals surface area contributed by atoms with E-state index in [1.54, 1.807) is 0 Å². The zero-order valence-electron chi connectivity index (χ0n) is 18.7. The van der Waals surface area contributed by atoms with Crippen molar-refractivity contribution in [3.05, 3.63) is 133 Å². The van der Waals surface area contributed by atoms with E-state index in [-0.39, 0.29) is 0 Å². The number of fused-ring (bicyclic) bond motifs is 2. The fraction of sp³-hybridized carbons (Fsp3) is 0. The standard InChI is InChI=1S/C32H22BN/c33-28-17-13-25(14-18-28)31-11-5-6-12-32(31)34(29-19-15-23-7-1-3-9-26(23)21-29)30-20-16-24-8-2-4-10-27(24)22-30/h1-22H. The number of hydrogen-bond acceptors (Lipinski definition) is 1. The molecular weight excluding hydrogens is 409 g/mol. The van der Waals surface area contributed by atoms with Crippen molar-refractivity contribution in [1.29, 1.82) is 0 Å². The van der Waals surface area contributed by atoms with E-state index in [2.05, 4.69) is 126 Å². The molecule has 0 atom stereocenters. The number of rotatable bonds is 4. The summed E-state index contributed by atoms with van der Waals surface area (Å²) >= 11 is 0. The van der Waals surface area contributed by atoms with Gasteiger partial charge in [0.05, 0.1) is 5.69 Å². The van der Waals surface area contributed by atoms with E-state index in [1.807, 2.05) is 12.1 Å². The first-order valence-electron chi connectivity index (χ1n) is 11.5. The van der Waals surface area contributed by atoms with Crippen molar-refractivity contribution in [2.24, 2.45) is 0 Å². The Labute approximate surface area is 201 Å². The third-order valence-electron chi connectivity index (χ3n) is 6.35. The maximum atomic E-state index is 5.98. The topological polar surface area (TPSA) is 3.24 Å². The summed E-state index contributed by atoms with van der Waals surface area (Å²) in [4.78, 5) is 2.35. The fourth-order valence-electron chi connectivity index (χ4n) is 4.63. The van der Waals surface area contributed by atoms with Gasteiger partial charge in [-0.2, -0.15) is 0 Å². The van der Waals surface area contributed by atoms with Crippen molar-refractivity contribution in [1.82, 2.24) is 0 Å². The molecule has 0 fully saturated rings. The van der Waals surface area contributed by atoms with Gasteiger partial charge in [0, 0.05) is 16.9 Å². The smallest absolute Gasteiger partial charge is 0.113 e. The number of para-hydroxylation sites is 1. The van der Waals surface area contributed by atoms with Gasteiger partial charge >= 0.3 is 0 Å². The Morgan fingerprint density at radius 2 is 0.941 bits per heavy atom. The van der Waals surface area contributed by atoms with E-state index in [9.17, 15) is 0 Å². The largest absolute Gasteiger partial charge is 0.310 e. The number of hydrogen-bond donors (Lipinski definition) is 0. The second-order valence-electron chi connectivity index (χ2n) is 8.54.